The summed E-state index contributed by atoms with van der Waals surface area (Å²) in [7, 11) is 0. The maximum atomic E-state index is 12.3. The van der Waals surface area contributed by atoms with Crippen molar-refractivity contribution in [2.75, 3.05) is 31.5 Å². The van der Waals surface area contributed by atoms with E-state index in [2.05, 4.69) is 25.0 Å². The van der Waals surface area contributed by atoms with Gasteiger partial charge < -0.3 is 20.7 Å². The molecule has 34 heavy (non-hydrogen) atoms. The second-order valence-corrected chi connectivity index (χ2v) is 8.88. The number of nitrogens with zero attached hydrogens (tertiary/aromatic N) is 4. The van der Waals surface area contributed by atoms with E-state index in [1.807, 2.05) is 36.5 Å². The van der Waals surface area contributed by atoms with E-state index in [1.165, 1.54) is 25.9 Å². The van der Waals surface area contributed by atoms with Crippen LogP contribution in [0.25, 0.3) is 5.69 Å². The van der Waals surface area contributed by atoms with Crippen molar-refractivity contribution >= 4 is 28.5 Å². The lowest BCUT2D eigenvalue weighted by molar-refractivity contribution is 0.0996. The van der Waals surface area contributed by atoms with Crippen LogP contribution in [0, 0.1) is 0 Å². The Hall–Kier alpha value is -3.44. The van der Waals surface area contributed by atoms with Gasteiger partial charge in [0.2, 0.25) is 5.88 Å². The van der Waals surface area contributed by atoms with Gasteiger partial charge in [0.25, 0.3) is 5.91 Å². The number of likely N-dealkylation sites (tertiary alicyclic amines) is 1. The molecule has 0 atom stereocenters. The average molecular weight is 484 g/mol. The molecule has 4 N–H and O–H groups in total. The summed E-state index contributed by atoms with van der Waals surface area (Å²) in [6.45, 7) is 4.16. The highest BCUT2D eigenvalue weighted by molar-refractivity contribution is 7.11. The Morgan fingerprint density at radius 1 is 1.18 bits per heavy atom. The summed E-state index contributed by atoms with van der Waals surface area (Å²) < 4.78 is 11.7. The Morgan fingerprint density at radius 2 is 2.03 bits per heavy atom. The minimum atomic E-state index is -0.713. The van der Waals surface area contributed by atoms with E-state index < -0.39 is 11.9 Å². The number of amides is 3. The van der Waals surface area contributed by atoms with Crippen LogP contribution >= 0.6 is 11.5 Å². The minimum absolute atomic E-state index is 0.0671. The Kier molecular flexibility index (Phi) is 8.10. The van der Waals surface area contributed by atoms with E-state index in [0.717, 1.165) is 42.2 Å². The highest BCUT2D eigenvalue weighted by Gasteiger charge is 2.22. The van der Waals surface area contributed by atoms with E-state index in [1.54, 1.807) is 10.9 Å². The molecule has 0 radical (unpaired) electrons. The normalized spacial score (nSPS) is 13.6. The second kappa shape index (κ2) is 11.6. The lowest BCUT2D eigenvalue weighted by Gasteiger charge is -2.14. The maximum absolute atomic E-state index is 12.3. The van der Waals surface area contributed by atoms with Gasteiger partial charge in [0, 0.05) is 18.9 Å². The fourth-order valence-corrected chi connectivity index (χ4v) is 4.59. The summed E-state index contributed by atoms with van der Waals surface area (Å²) in [5, 5.41) is 9.98. The number of hydrogen-bond acceptors (Lipinski definition) is 7. The number of anilines is 1. The summed E-state index contributed by atoms with van der Waals surface area (Å²) in [6, 6.07) is 9.11. The molecule has 1 aromatic carbocycles. The predicted octanol–water partition coefficient (Wildman–Crippen LogP) is 3.00. The van der Waals surface area contributed by atoms with Crippen LogP contribution in [0.4, 0.5) is 9.80 Å². The number of carbonyl (C=O) groups is 2. The number of carbonyl (C=O) groups excluding carboxylic acids is 2. The smallest absolute Gasteiger partial charge is 0.319 e. The zero-order chi connectivity index (χ0) is 23.8. The summed E-state index contributed by atoms with van der Waals surface area (Å²) in [5.41, 5.74) is 7.38. The quantitative estimate of drug-likeness (QED) is 0.360. The molecule has 0 bridgehead atoms. The Balaban J connectivity index is 1.28. The Morgan fingerprint density at radius 3 is 2.79 bits per heavy atom. The molecule has 10 nitrogen and oxygen atoms in total. The van der Waals surface area contributed by atoms with Gasteiger partial charge in [-0.1, -0.05) is 12.1 Å². The van der Waals surface area contributed by atoms with Crippen LogP contribution in [0.5, 0.6) is 5.88 Å². The molecule has 1 fully saturated rings. The van der Waals surface area contributed by atoms with E-state index in [9.17, 15) is 9.59 Å². The molecular formula is C23H29N7O3S. The van der Waals surface area contributed by atoms with Crippen LogP contribution in [-0.4, -0.2) is 57.2 Å². The topological polar surface area (TPSA) is 127 Å². The standard InChI is InChI=1S/C23H29N7O3S/c24-20(31)19-21(33-16-17-7-5-8-18(15-17)30-14-6-10-26-30)28-34-22(19)27-23(32)25-9-1-2-11-29-12-3-4-13-29/h5-8,10,14-15H,1-4,9,11-13,16H2,(H2,24,31)(H2,25,27,32). The highest BCUT2D eigenvalue weighted by Crippen LogP contribution is 2.30. The van der Waals surface area contributed by atoms with E-state index in [0.29, 0.717) is 6.54 Å². The van der Waals surface area contributed by atoms with Gasteiger partial charge in [-0.3, -0.25) is 10.1 Å². The molecule has 3 amide bonds. The first-order valence-electron chi connectivity index (χ1n) is 11.4. The number of primary amides is 1. The number of aromatic nitrogens is 3. The molecule has 0 aliphatic carbocycles. The van der Waals surface area contributed by atoms with Gasteiger partial charge in [-0.05, 0) is 80.6 Å². The van der Waals surface area contributed by atoms with Gasteiger partial charge in [-0.25, -0.2) is 9.48 Å². The fraction of sp³-hybridized carbons (Fsp3) is 0.391. The van der Waals surface area contributed by atoms with Crippen LogP contribution in [0.2, 0.25) is 0 Å². The third kappa shape index (κ3) is 6.33. The van der Waals surface area contributed by atoms with Crippen molar-refractivity contribution in [3.05, 3.63) is 53.9 Å². The number of benzene rings is 1. The first-order chi connectivity index (χ1) is 16.6. The van der Waals surface area contributed by atoms with E-state index in [4.69, 9.17) is 10.5 Å². The largest absolute Gasteiger partial charge is 0.472 e. The van der Waals surface area contributed by atoms with Gasteiger partial charge in [0.05, 0.1) is 5.69 Å². The lowest BCUT2D eigenvalue weighted by atomic mass is 10.2. The number of unbranched alkanes of at least 4 members (excludes halogenated alkanes) is 1. The van der Waals surface area contributed by atoms with Crippen molar-refractivity contribution in [1.82, 2.24) is 24.4 Å². The predicted molar refractivity (Wildman–Crippen MR) is 130 cm³/mol. The van der Waals surface area contributed by atoms with Gasteiger partial charge >= 0.3 is 6.03 Å². The van der Waals surface area contributed by atoms with Crippen molar-refractivity contribution in [3.63, 3.8) is 0 Å². The minimum Gasteiger partial charge on any atom is -0.472 e. The number of hydrogen-bond donors (Lipinski definition) is 3. The number of nitrogens with two attached hydrogens (primary N) is 1. The van der Waals surface area contributed by atoms with Crippen molar-refractivity contribution in [3.8, 4) is 11.6 Å². The third-order valence-electron chi connectivity index (χ3n) is 5.57. The van der Waals surface area contributed by atoms with E-state index in [-0.39, 0.29) is 23.1 Å². The summed E-state index contributed by atoms with van der Waals surface area (Å²) in [5.74, 6) is -0.613. The molecule has 0 spiro atoms. The van der Waals surface area contributed by atoms with Crippen molar-refractivity contribution in [1.29, 1.82) is 0 Å². The molecular weight excluding hydrogens is 454 g/mol. The number of nitrogens with one attached hydrogen (secondary N) is 2. The van der Waals surface area contributed by atoms with Gasteiger partial charge in [0.15, 0.2) is 0 Å². The monoisotopic (exact) mass is 483 g/mol. The van der Waals surface area contributed by atoms with Crippen LogP contribution in [0.1, 0.15) is 41.6 Å². The van der Waals surface area contributed by atoms with Crippen LogP contribution in [0.15, 0.2) is 42.7 Å². The van der Waals surface area contributed by atoms with Gasteiger partial charge in [-0.2, -0.15) is 9.47 Å². The van der Waals surface area contributed by atoms with Gasteiger partial charge in [0.1, 0.15) is 17.2 Å². The molecule has 3 aromatic rings. The molecule has 4 rings (SSSR count). The molecule has 180 valence electrons. The van der Waals surface area contributed by atoms with Crippen molar-refractivity contribution < 1.29 is 14.3 Å². The SMILES string of the molecule is NC(=O)c1c(OCc2cccc(-n3cccn3)c2)nsc1NC(=O)NCCCCN1CCCC1. The fourth-order valence-electron chi connectivity index (χ4n) is 3.85. The molecule has 0 unspecified atom stereocenters. The zero-order valence-corrected chi connectivity index (χ0v) is 19.7. The Labute approximate surface area is 202 Å². The maximum Gasteiger partial charge on any atom is 0.319 e. The van der Waals surface area contributed by atoms with E-state index >= 15 is 0 Å². The summed E-state index contributed by atoms with van der Waals surface area (Å²) in [6.07, 6.45) is 8.04. The summed E-state index contributed by atoms with van der Waals surface area (Å²) in [4.78, 5) is 26.8. The summed E-state index contributed by atoms with van der Waals surface area (Å²) >= 11 is 0.961. The molecule has 1 aliphatic heterocycles. The molecule has 11 heteroatoms. The zero-order valence-electron chi connectivity index (χ0n) is 18.9. The van der Waals surface area contributed by atoms with Crippen molar-refractivity contribution in [2.24, 2.45) is 5.73 Å². The second-order valence-electron chi connectivity index (χ2n) is 8.10. The molecule has 2 aromatic heterocycles. The third-order valence-corrected chi connectivity index (χ3v) is 6.32. The first kappa shape index (κ1) is 23.7. The molecule has 0 saturated carbocycles. The highest BCUT2D eigenvalue weighted by atomic mass is 32.1. The number of rotatable bonds is 11. The number of urea groups is 1. The number of ether oxygens (including phenoxy) is 1. The lowest BCUT2D eigenvalue weighted by Crippen LogP contribution is -2.30. The van der Waals surface area contributed by atoms with Gasteiger partial charge in [-0.15, -0.1) is 0 Å². The first-order valence-corrected chi connectivity index (χ1v) is 12.2. The molecule has 1 aliphatic rings. The van der Waals surface area contributed by atoms with Crippen LogP contribution < -0.4 is 21.1 Å². The van der Waals surface area contributed by atoms with Crippen LogP contribution in [0.3, 0.4) is 0 Å². The van der Waals surface area contributed by atoms with Crippen LogP contribution in [-0.2, 0) is 6.61 Å². The molecule has 3 heterocycles. The average Bonchev–Trinajstić information content (AvgIpc) is 3.60. The molecule has 1 saturated heterocycles. The Bertz CT molecular complexity index is 1090. The van der Waals surface area contributed by atoms with Crippen molar-refractivity contribution in [2.45, 2.75) is 32.3 Å².